The minimum absolute atomic E-state index is 0.904. The van der Waals surface area contributed by atoms with E-state index >= 15 is 0 Å². The Labute approximate surface area is 258 Å². The lowest BCUT2D eigenvalue weighted by molar-refractivity contribution is 0.669. The quantitative estimate of drug-likeness (QED) is 0.210. The molecule has 10 rings (SSSR count). The number of hydrogen-bond acceptors (Lipinski definition) is 2. The van der Waals surface area contributed by atoms with E-state index in [-0.39, 0.29) is 0 Å². The number of fused-ring (bicyclic) bond motifs is 10. The van der Waals surface area contributed by atoms with Crippen molar-refractivity contribution in [2.24, 2.45) is 0 Å². The molecule has 0 aliphatic carbocycles. The first-order valence-electron chi connectivity index (χ1n) is 15.2. The second-order valence-corrected chi connectivity index (χ2v) is 11.6. The van der Waals surface area contributed by atoms with Crippen LogP contribution in [0.25, 0.3) is 88.1 Å². The summed E-state index contributed by atoms with van der Waals surface area (Å²) < 4.78 is 11.0. The summed E-state index contributed by atoms with van der Waals surface area (Å²) >= 11 is 0. The fourth-order valence-electron chi connectivity index (χ4n) is 7.27. The molecule has 4 nitrogen and oxygen atoms in total. The van der Waals surface area contributed by atoms with Crippen LogP contribution in [0.5, 0.6) is 0 Å². The van der Waals surface area contributed by atoms with Crippen LogP contribution < -0.4 is 0 Å². The number of aromatic nitrogens is 3. The third-order valence-corrected chi connectivity index (χ3v) is 9.19. The first kappa shape index (κ1) is 24.3. The number of benzene rings is 6. The second-order valence-electron chi connectivity index (χ2n) is 11.6. The maximum Gasteiger partial charge on any atom is 0.136 e. The number of para-hydroxylation sites is 3. The van der Waals surface area contributed by atoms with Gasteiger partial charge in [-0.05, 0) is 71.8 Å². The molecular formula is C41H25N3O. The lowest BCUT2D eigenvalue weighted by Crippen LogP contribution is -1.96. The van der Waals surface area contributed by atoms with Gasteiger partial charge in [0.1, 0.15) is 11.2 Å². The normalized spacial score (nSPS) is 12.0. The summed E-state index contributed by atoms with van der Waals surface area (Å²) in [5.41, 5.74) is 11.0. The smallest absolute Gasteiger partial charge is 0.136 e. The van der Waals surface area contributed by atoms with Crippen LogP contribution in [-0.2, 0) is 0 Å². The first-order chi connectivity index (χ1) is 22.3. The maximum absolute atomic E-state index is 6.23. The summed E-state index contributed by atoms with van der Waals surface area (Å²) in [7, 11) is 0. The molecule has 0 unspecified atom stereocenters. The third kappa shape index (κ3) is 3.45. The molecule has 4 aromatic heterocycles. The molecule has 0 amide bonds. The molecule has 210 valence electrons. The van der Waals surface area contributed by atoms with E-state index in [2.05, 4.69) is 135 Å². The topological polar surface area (TPSA) is 35.9 Å². The number of pyridine rings is 1. The van der Waals surface area contributed by atoms with E-state index in [4.69, 9.17) is 4.42 Å². The standard InChI is InChI=1S/C41H25N3O/c1-4-15-35-30(12-1)33-20-21-37-40(41(33)44(35)29-11-8-22-42-25-29)34-14-2-5-16-36(34)43(37)28-10-7-9-26(23-28)27-18-19-32-31-13-3-6-17-38(31)45-39(32)24-27/h1-25H. The molecule has 0 bridgehead atoms. The minimum atomic E-state index is 0.904. The van der Waals surface area contributed by atoms with E-state index in [1.807, 2.05) is 30.6 Å². The number of rotatable bonds is 3. The van der Waals surface area contributed by atoms with Gasteiger partial charge in [-0.3, -0.25) is 4.98 Å². The highest BCUT2D eigenvalue weighted by atomic mass is 16.3. The number of nitrogens with zero attached hydrogens (tertiary/aromatic N) is 3. The number of hydrogen-bond donors (Lipinski definition) is 0. The fourth-order valence-corrected chi connectivity index (χ4v) is 7.27. The monoisotopic (exact) mass is 575 g/mol. The molecule has 6 aromatic carbocycles. The lowest BCUT2D eigenvalue weighted by Gasteiger charge is -2.11. The highest BCUT2D eigenvalue weighted by molar-refractivity contribution is 6.26. The van der Waals surface area contributed by atoms with Crippen LogP contribution in [0.2, 0.25) is 0 Å². The Hall–Kier alpha value is -6.13. The Balaban J connectivity index is 1.25. The van der Waals surface area contributed by atoms with Gasteiger partial charge in [0.25, 0.3) is 0 Å². The summed E-state index contributed by atoms with van der Waals surface area (Å²) in [6, 6.07) is 49.7. The molecule has 0 saturated carbocycles. The molecule has 0 aliphatic heterocycles. The average molecular weight is 576 g/mol. The summed E-state index contributed by atoms with van der Waals surface area (Å²) in [4.78, 5) is 4.49. The van der Waals surface area contributed by atoms with Gasteiger partial charge in [0.05, 0.1) is 34.0 Å². The van der Waals surface area contributed by atoms with Gasteiger partial charge in [-0.2, -0.15) is 0 Å². The van der Waals surface area contributed by atoms with Crippen LogP contribution in [0.4, 0.5) is 0 Å². The highest BCUT2D eigenvalue weighted by Gasteiger charge is 2.21. The van der Waals surface area contributed by atoms with Gasteiger partial charge < -0.3 is 13.6 Å². The van der Waals surface area contributed by atoms with Crippen LogP contribution in [0.15, 0.2) is 156 Å². The van der Waals surface area contributed by atoms with Crippen molar-refractivity contribution in [3.8, 4) is 22.5 Å². The molecule has 0 fully saturated rings. The maximum atomic E-state index is 6.23. The summed E-state index contributed by atoms with van der Waals surface area (Å²) in [5.74, 6) is 0. The molecule has 0 spiro atoms. The minimum Gasteiger partial charge on any atom is -0.456 e. The van der Waals surface area contributed by atoms with E-state index in [0.29, 0.717) is 0 Å². The molecule has 0 N–H and O–H groups in total. The Bertz CT molecular complexity index is 2760. The van der Waals surface area contributed by atoms with Crippen LogP contribution in [0.1, 0.15) is 0 Å². The zero-order valence-electron chi connectivity index (χ0n) is 24.2. The van der Waals surface area contributed by atoms with Crippen LogP contribution >= 0.6 is 0 Å². The average Bonchev–Trinajstić information content (AvgIpc) is 3.76. The van der Waals surface area contributed by atoms with Crippen molar-refractivity contribution in [1.29, 1.82) is 0 Å². The third-order valence-electron chi connectivity index (χ3n) is 9.19. The Kier molecular flexibility index (Phi) is 4.96. The van der Waals surface area contributed by atoms with Crippen molar-refractivity contribution in [3.63, 3.8) is 0 Å². The van der Waals surface area contributed by atoms with Crippen molar-refractivity contribution >= 4 is 65.6 Å². The van der Waals surface area contributed by atoms with Crippen LogP contribution in [-0.4, -0.2) is 14.1 Å². The van der Waals surface area contributed by atoms with Gasteiger partial charge in [0, 0.05) is 44.2 Å². The predicted molar refractivity (Wildman–Crippen MR) is 186 cm³/mol. The van der Waals surface area contributed by atoms with Crippen LogP contribution in [0.3, 0.4) is 0 Å². The summed E-state index contributed by atoms with van der Waals surface area (Å²) in [5, 5.41) is 7.21. The molecule has 10 aromatic rings. The molecule has 45 heavy (non-hydrogen) atoms. The van der Waals surface area contributed by atoms with Gasteiger partial charge in [0.15, 0.2) is 0 Å². The zero-order chi connectivity index (χ0) is 29.5. The van der Waals surface area contributed by atoms with Gasteiger partial charge >= 0.3 is 0 Å². The van der Waals surface area contributed by atoms with Crippen molar-refractivity contribution in [1.82, 2.24) is 14.1 Å². The van der Waals surface area contributed by atoms with E-state index in [1.54, 1.807) is 0 Å². The number of furan rings is 1. The highest BCUT2D eigenvalue weighted by Crippen LogP contribution is 2.42. The van der Waals surface area contributed by atoms with Crippen LogP contribution in [0, 0.1) is 0 Å². The van der Waals surface area contributed by atoms with E-state index < -0.39 is 0 Å². The Morgan fingerprint density at radius 2 is 1.16 bits per heavy atom. The van der Waals surface area contributed by atoms with Gasteiger partial charge in [-0.1, -0.05) is 78.9 Å². The van der Waals surface area contributed by atoms with Crippen molar-refractivity contribution in [2.75, 3.05) is 0 Å². The van der Waals surface area contributed by atoms with E-state index in [9.17, 15) is 0 Å². The van der Waals surface area contributed by atoms with Crippen molar-refractivity contribution in [3.05, 3.63) is 152 Å². The second kappa shape index (κ2) is 9.18. The molecule has 0 aliphatic rings. The molecule has 0 radical (unpaired) electrons. The summed E-state index contributed by atoms with van der Waals surface area (Å²) in [6.45, 7) is 0. The fraction of sp³-hybridized carbons (Fsp3) is 0. The molecular weight excluding hydrogens is 550 g/mol. The molecule has 0 atom stereocenters. The molecule has 4 heterocycles. The van der Waals surface area contributed by atoms with Gasteiger partial charge in [-0.25, -0.2) is 0 Å². The van der Waals surface area contributed by atoms with E-state index in [1.165, 1.54) is 43.6 Å². The van der Waals surface area contributed by atoms with Crippen molar-refractivity contribution in [2.45, 2.75) is 0 Å². The van der Waals surface area contributed by atoms with Gasteiger partial charge in [-0.15, -0.1) is 0 Å². The van der Waals surface area contributed by atoms with E-state index in [0.717, 1.165) is 44.4 Å². The first-order valence-corrected chi connectivity index (χ1v) is 15.2. The van der Waals surface area contributed by atoms with Crippen molar-refractivity contribution < 1.29 is 4.42 Å². The summed E-state index contributed by atoms with van der Waals surface area (Å²) in [6.07, 6.45) is 3.78. The predicted octanol–water partition coefficient (Wildman–Crippen LogP) is 10.8. The SMILES string of the molecule is c1cc(-c2ccc3c(c2)oc2ccccc23)cc(-n2c3ccccc3c3c2ccc2c4ccccc4n(-c4cccnc4)c23)c1. The van der Waals surface area contributed by atoms with Gasteiger partial charge in [0.2, 0.25) is 0 Å². The molecule has 4 heteroatoms. The largest absolute Gasteiger partial charge is 0.456 e. The molecule has 0 saturated heterocycles. The Morgan fingerprint density at radius 1 is 0.444 bits per heavy atom. The lowest BCUT2D eigenvalue weighted by atomic mass is 10.0. The zero-order valence-corrected chi connectivity index (χ0v) is 24.2. The Morgan fingerprint density at radius 3 is 2.02 bits per heavy atom.